The summed E-state index contributed by atoms with van der Waals surface area (Å²) >= 11 is 1.95. The summed E-state index contributed by atoms with van der Waals surface area (Å²) in [5.74, 6) is 0. The summed E-state index contributed by atoms with van der Waals surface area (Å²) in [5.41, 5.74) is 0. The molecule has 0 spiro atoms. The second-order valence-corrected chi connectivity index (χ2v) is 5.46. The van der Waals surface area contributed by atoms with E-state index in [1.807, 2.05) is 18.7 Å². The van der Waals surface area contributed by atoms with Crippen LogP contribution in [-0.4, -0.2) is 48.5 Å². The van der Waals surface area contributed by atoms with E-state index in [2.05, 4.69) is 11.6 Å². The van der Waals surface area contributed by atoms with Crippen LogP contribution in [0.1, 0.15) is 32.6 Å². The van der Waals surface area contributed by atoms with E-state index in [1.54, 1.807) is 0 Å². The molecule has 0 aliphatic heterocycles. The third kappa shape index (κ3) is 5.04. The highest BCUT2D eigenvalue weighted by atomic mass is 32.2. The first-order chi connectivity index (χ1) is 7.77. The van der Waals surface area contributed by atoms with Crippen LogP contribution < -0.4 is 5.32 Å². The lowest BCUT2D eigenvalue weighted by atomic mass is 9.95. The van der Waals surface area contributed by atoms with Gasteiger partial charge in [0.05, 0.1) is 12.7 Å². The van der Waals surface area contributed by atoms with Gasteiger partial charge in [-0.2, -0.15) is 11.8 Å². The fraction of sp³-hybridized carbons (Fsp3) is 1.00. The Kier molecular flexibility index (Phi) is 7.45. The van der Waals surface area contributed by atoms with Gasteiger partial charge in [-0.3, -0.25) is 0 Å². The molecule has 96 valence electrons. The van der Waals surface area contributed by atoms with Crippen LogP contribution in [0.25, 0.3) is 0 Å². The van der Waals surface area contributed by atoms with Gasteiger partial charge in [-0.25, -0.2) is 0 Å². The summed E-state index contributed by atoms with van der Waals surface area (Å²) < 4.78 is 5.19. The van der Waals surface area contributed by atoms with Crippen molar-refractivity contribution in [3.8, 4) is 0 Å². The molecule has 1 aliphatic rings. The van der Waals surface area contributed by atoms with Crippen molar-refractivity contribution in [1.29, 1.82) is 0 Å². The number of aliphatic hydroxyl groups excluding tert-OH is 1. The Morgan fingerprint density at radius 1 is 1.44 bits per heavy atom. The van der Waals surface area contributed by atoms with Crippen LogP contribution in [0.2, 0.25) is 0 Å². The first-order valence-electron chi connectivity index (χ1n) is 6.30. The summed E-state index contributed by atoms with van der Waals surface area (Å²) in [6, 6.07) is 0.569. The van der Waals surface area contributed by atoms with Crippen molar-refractivity contribution in [2.75, 3.05) is 26.0 Å². The maximum Gasteiger partial charge on any atom is 0.0897 e. The van der Waals surface area contributed by atoms with E-state index in [9.17, 15) is 5.11 Å². The van der Waals surface area contributed by atoms with Crippen molar-refractivity contribution >= 4 is 11.8 Å². The Morgan fingerprint density at radius 2 is 2.19 bits per heavy atom. The minimum atomic E-state index is -0.371. The van der Waals surface area contributed by atoms with E-state index in [0.717, 1.165) is 0 Å². The molecular formula is C12H25NO2S. The molecule has 3 unspecified atom stereocenters. The molecule has 1 aliphatic carbocycles. The molecule has 3 nitrogen and oxygen atoms in total. The van der Waals surface area contributed by atoms with E-state index in [1.165, 1.54) is 25.7 Å². The molecule has 16 heavy (non-hydrogen) atoms. The molecule has 1 saturated carbocycles. The van der Waals surface area contributed by atoms with Crippen molar-refractivity contribution in [2.45, 2.75) is 50.0 Å². The van der Waals surface area contributed by atoms with Crippen LogP contribution >= 0.6 is 11.8 Å². The van der Waals surface area contributed by atoms with Gasteiger partial charge in [-0.05, 0) is 26.0 Å². The van der Waals surface area contributed by atoms with E-state index in [4.69, 9.17) is 4.74 Å². The minimum Gasteiger partial charge on any atom is -0.389 e. The molecule has 2 N–H and O–H groups in total. The first-order valence-corrected chi connectivity index (χ1v) is 7.58. The smallest absolute Gasteiger partial charge is 0.0897 e. The van der Waals surface area contributed by atoms with Crippen molar-refractivity contribution < 1.29 is 9.84 Å². The van der Waals surface area contributed by atoms with E-state index >= 15 is 0 Å². The zero-order valence-corrected chi connectivity index (χ0v) is 11.3. The zero-order chi connectivity index (χ0) is 11.8. The van der Waals surface area contributed by atoms with Crippen LogP contribution in [0.15, 0.2) is 0 Å². The van der Waals surface area contributed by atoms with Crippen LogP contribution in [0.5, 0.6) is 0 Å². The lowest BCUT2D eigenvalue weighted by molar-refractivity contribution is 0.0408. The number of aliphatic hydroxyl groups is 1. The third-order valence-corrected chi connectivity index (χ3v) is 4.31. The molecule has 0 bridgehead atoms. The number of ether oxygens (including phenoxy) is 1. The maximum atomic E-state index is 9.68. The van der Waals surface area contributed by atoms with Crippen LogP contribution in [-0.2, 0) is 4.74 Å². The topological polar surface area (TPSA) is 41.5 Å². The third-order valence-electron chi connectivity index (χ3n) is 3.14. The zero-order valence-electron chi connectivity index (χ0n) is 10.4. The predicted octanol–water partition coefficient (Wildman–Crippen LogP) is 1.65. The Hall–Kier alpha value is 0.230. The maximum absolute atomic E-state index is 9.68. The van der Waals surface area contributed by atoms with Crippen molar-refractivity contribution in [1.82, 2.24) is 5.32 Å². The van der Waals surface area contributed by atoms with Crippen molar-refractivity contribution in [3.63, 3.8) is 0 Å². The second-order valence-electron chi connectivity index (χ2n) is 4.39. The highest BCUT2D eigenvalue weighted by Crippen LogP contribution is 2.26. The van der Waals surface area contributed by atoms with Gasteiger partial charge in [0, 0.05) is 24.4 Å². The number of thioether (sulfide) groups is 1. The Morgan fingerprint density at radius 3 is 2.88 bits per heavy atom. The molecule has 0 aromatic heterocycles. The number of nitrogens with one attached hydrogen (secondary N) is 1. The van der Waals surface area contributed by atoms with Crippen LogP contribution in [0.3, 0.4) is 0 Å². The Bertz CT molecular complexity index is 180. The Balaban J connectivity index is 2.18. The average molecular weight is 247 g/mol. The molecule has 0 heterocycles. The number of hydrogen-bond donors (Lipinski definition) is 2. The van der Waals surface area contributed by atoms with Gasteiger partial charge in [0.2, 0.25) is 0 Å². The lowest BCUT2D eigenvalue weighted by Gasteiger charge is -2.31. The van der Waals surface area contributed by atoms with Gasteiger partial charge in [0.1, 0.15) is 0 Å². The minimum absolute atomic E-state index is 0.371. The van der Waals surface area contributed by atoms with Crippen LogP contribution in [0, 0.1) is 0 Å². The number of rotatable bonds is 7. The highest BCUT2D eigenvalue weighted by molar-refractivity contribution is 7.99. The fourth-order valence-corrected chi connectivity index (χ4v) is 3.18. The van der Waals surface area contributed by atoms with Gasteiger partial charge < -0.3 is 15.2 Å². The van der Waals surface area contributed by atoms with Gasteiger partial charge in [-0.1, -0.05) is 12.8 Å². The first kappa shape index (κ1) is 14.3. The standard InChI is InChI=1S/C12H25NO2S/c1-3-15-9-10(14)8-13-11-6-4-5-7-12(11)16-2/h10-14H,3-9H2,1-2H3. The fourth-order valence-electron chi connectivity index (χ4n) is 2.21. The quantitative estimate of drug-likeness (QED) is 0.718. The molecule has 1 rings (SSSR count). The van der Waals surface area contributed by atoms with Gasteiger partial charge in [0.25, 0.3) is 0 Å². The summed E-state index contributed by atoms with van der Waals surface area (Å²) in [5, 5.41) is 13.9. The molecule has 4 heteroatoms. The van der Waals surface area contributed by atoms with E-state index < -0.39 is 0 Å². The molecule has 0 saturated heterocycles. The van der Waals surface area contributed by atoms with Gasteiger partial charge in [-0.15, -0.1) is 0 Å². The molecule has 0 amide bonds. The number of hydrogen-bond acceptors (Lipinski definition) is 4. The molecule has 0 aromatic carbocycles. The average Bonchev–Trinajstić information content (AvgIpc) is 2.34. The monoisotopic (exact) mass is 247 g/mol. The SMILES string of the molecule is CCOCC(O)CNC1CCCCC1SC. The van der Waals surface area contributed by atoms with Crippen molar-refractivity contribution in [3.05, 3.63) is 0 Å². The van der Waals surface area contributed by atoms with Gasteiger partial charge in [0.15, 0.2) is 0 Å². The molecule has 0 aromatic rings. The lowest BCUT2D eigenvalue weighted by Crippen LogP contribution is -2.44. The molecule has 0 radical (unpaired) electrons. The van der Waals surface area contributed by atoms with Crippen LogP contribution in [0.4, 0.5) is 0 Å². The summed E-state index contributed by atoms with van der Waals surface area (Å²) in [4.78, 5) is 0. The summed E-state index contributed by atoms with van der Waals surface area (Å²) in [7, 11) is 0. The summed E-state index contributed by atoms with van der Waals surface area (Å²) in [6.07, 6.45) is 7.03. The predicted molar refractivity (Wildman–Crippen MR) is 70.1 cm³/mol. The van der Waals surface area contributed by atoms with Crippen molar-refractivity contribution in [2.24, 2.45) is 0 Å². The van der Waals surface area contributed by atoms with Gasteiger partial charge >= 0.3 is 0 Å². The second kappa shape index (κ2) is 8.34. The van der Waals surface area contributed by atoms with E-state index in [-0.39, 0.29) is 6.10 Å². The highest BCUT2D eigenvalue weighted by Gasteiger charge is 2.24. The molecule has 1 fully saturated rings. The molecular weight excluding hydrogens is 222 g/mol. The largest absolute Gasteiger partial charge is 0.389 e. The molecule has 3 atom stereocenters. The normalized spacial score (nSPS) is 27.9. The summed E-state index contributed by atoms with van der Waals surface area (Å²) in [6.45, 7) is 3.72. The van der Waals surface area contributed by atoms with E-state index in [0.29, 0.717) is 31.1 Å². The Labute approximate surface area is 103 Å².